The molecular weight excluding hydrogens is 348 g/mol. The van der Waals surface area contributed by atoms with Gasteiger partial charge in [0.05, 0.1) is 32.8 Å². The Kier molecular flexibility index (Phi) is 5.12. The minimum absolute atomic E-state index is 0.0180. The molecule has 1 aromatic heterocycles. The van der Waals surface area contributed by atoms with Crippen LogP contribution in [0.3, 0.4) is 0 Å². The first-order chi connectivity index (χ1) is 13.1. The van der Waals surface area contributed by atoms with Gasteiger partial charge < -0.3 is 24.7 Å². The predicted octanol–water partition coefficient (Wildman–Crippen LogP) is 2.61. The first-order valence-corrected chi connectivity index (χ1v) is 8.54. The Hall–Kier alpha value is -3.34. The molecule has 1 aliphatic rings. The predicted molar refractivity (Wildman–Crippen MR) is 98.0 cm³/mol. The number of H-pyrrole nitrogens is 1. The SMILES string of the molecule is CCCc1[nH]nc2c1C(c1c(OC)cc(OC)cc1OC)C(C#N)=C(N)O2. The van der Waals surface area contributed by atoms with Crippen molar-refractivity contribution in [1.29, 1.82) is 5.26 Å². The van der Waals surface area contributed by atoms with Gasteiger partial charge in [-0.25, -0.2) is 0 Å². The van der Waals surface area contributed by atoms with E-state index < -0.39 is 5.92 Å². The number of hydrogen-bond acceptors (Lipinski definition) is 7. The van der Waals surface area contributed by atoms with E-state index in [-0.39, 0.29) is 11.5 Å². The first kappa shape index (κ1) is 18.5. The second-order valence-corrected chi connectivity index (χ2v) is 6.04. The fourth-order valence-electron chi connectivity index (χ4n) is 3.36. The summed E-state index contributed by atoms with van der Waals surface area (Å²) in [5.41, 5.74) is 8.63. The lowest BCUT2D eigenvalue weighted by Gasteiger charge is -2.27. The maximum atomic E-state index is 9.80. The average molecular weight is 370 g/mol. The standard InChI is InChI=1S/C19H22N4O4/c1-5-6-12-16-15(11(9-20)18(21)27-19(16)23-22-12)17-13(25-3)7-10(24-2)8-14(17)26-4/h7-8,15H,5-6,21H2,1-4H3,(H,22,23). The van der Waals surface area contributed by atoms with Crippen molar-refractivity contribution >= 4 is 0 Å². The van der Waals surface area contributed by atoms with Crippen LogP contribution in [0.4, 0.5) is 0 Å². The molecule has 2 heterocycles. The summed E-state index contributed by atoms with van der Waals surface area (Å²) in [6.45, 7) is 2.07. The topological polar surface area (TPSA) is 115 Å². The van der Waals surface area contributed by atoms with E-state index in [2.05, 4.69) is 23.2 Å². The van der Waals surface area contributed by atoms with Crippen LogP contribution in [0.5, 0.6) is 23.1 Å². The van der Waals surface area contributed by atoms with Gasteiger partial charge in [0.1, 0.15) is 28.9 Å². The van der Waals surface area contributed by atoms with Gasteiger partial charge in [-0.05, 0) is 6.42 Å². The number of rotatable bonds is 6. The highest BCUT2D eigenvalue weighted by atomic mass is 16.5. The molecule has 0 saturated carbocycles. The van der Waals surface area contributed by atoms with Gasteiger partial charge in [0.15, 0.2) is 0 Å². The van der Waals surface area contributed by atoms with Crippen LogP contribution in [0.25, 0.3) is 0 Å². The normalized spacial score (nSPS) is 15.6. The summed E-state index contributed by atoms with van der Waals surface area (Å²) >= 11 is 0. The van der Waals surface area contributed by atoms with E-state index in [4.69, 9.17) is 24.7 Å². The molecule has 8 heteroatoms. The van der Waals surface area contributed by atoms with Crippen LogP contribution in [0.2, 0.25) is 0 Å². The average Bonchev–Trinajstić information content (AvgIpc) is 3.08. The number of hydrogen-bond donors (Lipinski definition) is 2. The van der Waals surface area contributed by atoms with E-state index >= 15 is 0 Å². The number of aromatic nitrogens is 2. The second kappa shape index (κ2) is 7.50. The zero-order valence-electron chi connectivity index (χ0n) is 15.8. The highest BCUT2D eigenvalue weighted by Crippen LogP contribution is 2.50. The number of aromatic amines is 1. The van der Waals surface area contributed by atoms with Crippen molar-refractivity contribution in [2.24, 2.45) is 5.73 Å². The molecule has 3 N–H and O–H groups in total. The van der Waals surface area contributed by atoms with Crippen LogP contribution in [-0.2, 0) is 6.42 Å². The molecule has 8 nitrogen and oxygen atoms in total. The molecule has 1 atom stereocenters. The summed E-state index contributed by atoms with van der Waals surface area (Å²) < 4.78 is 22.1. The third kappa shape index (κ3) is 3.01. The van der Waals surface area contributed by atoms with Crippen LogP contribution in [-0.4, -0.2) is 31.5 Å². The molecular formula is C19H22N4O4. The van der Waals surface area contributed by atoms with Crippen LogP contribution in [0.15, 0.2) is 23.6 Å². The van der Waals surface area contributed by atoms with E-state index in [9.17, 15) is 5.26 Å². The first-order valence-electron chi connectivity index (χ1n) is 8.54. The highest BCUT2D eigenvalue weighted by molar-refractivity contribution is 5.63. The maximum absolute atomic E-state index is 9.80. The summed E-state index contributed by atoms with van der Waals surface area (Å²) in [4.78, 5) is 0. The number of benzene rings is 1. The number of nitrogens with two attached hydrogens (primary N) is 1. The fourth-order valence-corrected chi connectivity index (χ4v) is 3.36. The van der Waals surface area contributed by atoms with Crippen LogP contribution in [0.1, 0.15) is 36.1 Å². The Bertz CT molecular complexity index is 901. The zero-order chi connectivity index (χ0) is 19.6. The number of fused-ring (bicyclic) bond motifs is 1. The minimum atomic E-state index is -0.533. The number of ether oxygens (including phenoxy) is 4. The van der Waals surface area contributed by atoms with Gasteiger partial charge in [-0.2, -0.15) is 5.26 Å². The zero-order valence-corrected chi connectivity index (χ0v) is 15.8. The highest BCUT2D eigenvalue weighted by Gasteiger charge is 2.38. The monoisotopic (exact) mass is 370 g/mol. The Morgan fingerprint density at radius 2 is 1.85 bits per heavy atom. The molecule has 0 spiro atoms. The Morgan fingerprint density at radius 1 is 1.19 bits per heavy atom. The number of nitrogens with zero attached hydrogens (tertiary/aromatic N) is 2. The Morgan fingerprint density at radius 3 is 2.37 bits per heavy atom. The third-order valence-corrected chi connectivity index (χ3v) is 4.56. The third-order valence-electron chi connectivity index (χ3n) is 4.56. The van der Waals surface area contributed by atoms with Crippen LogP contribution < -0.4 is 24.7 Å². The fraction of sp³-hybridized carbons (Fsp3) is 0.368. The van der Waals surface area contributed by atoms with Crippen molar-refractivity contribution in [2.45, 2.75) is 25.7 Å². The van der Waals surface area contributed by atoms with E-state index in [0.717, 1.165) is 24.1 Å². The lowest BCUT2D eigenvalue weighted by molar-refractivity contribution is 0.358. The van der Waals surface area contributed by atoms with Crippen molar-refractivity contribution in [1.82, 2.24) is 10.2 Å². The number of aryl methyl sites for hydroxylation is 1. The largest absolute Gasteiger partial charge is 0.496 e. The summed E-state index contributed by atoms with van der Waals surface area (Å²) in [6.07, 6.45) is 1.65. The molecule has 0 bridgehead atoms. The van der Waals surface area contributed by atoms with Gasteiger partial charge in [-0.1, -0.05) is 13.3 Å². The Labute approximate surface area is 157 Å². The summed E-state index contributed by atoms with van der Waals surface area (Å²) in [5.74, 6) is 1.47. The maximum Gasteiger partial charge on any atom is 0.244 e. The van der Waals surface area contributed by atoms with Gasteiger partial charge in [-0.3, -0.25) is 5.10 Å². The van der Waals surface area contributed by atoms with E-state index in [1.807, 2.05) is 0 Å². The molecule has 142 valence electrons. The van der Waals surface area contributed by atoms with Gasteiger partial charge in [0.2, 0.25) is 11.8 Å². The van der Waals surface area contributed by atoms with Crippen molar-refractivity contribution in [3.8, 4) is 29.2 Å². The molecule has 0 aliphatic carbocycles. The molecule has 1 unspecified atom stereocenters. The minimum Gasteiger partial charge on any atom is -0.496 e. The van der Waals surface area contributed by atoms with Gasteiger partial charge in [0.25, 0.3) is 0 Å². The molecule has 2 aromatic rings. The molecule has 0 saturated heterocycles. The van der Waals surface area contributed by atoms with Crippen molar-refractivity contribution in [3.05, 3.63) is 40.4 Å². The second-order valence-electron chi connectivity index (χ2n) is 6.04. The van der Waals surface area contributed by atoms with E-state index in [1.165, 1.54) is 0 Å². The smallest absolute Gasteiger partial charge is 0.244 e. The van der Waals surface area contributed by atoms with E-state index in [1.54, 1.807) is 33.5 Å². The number of methoxy groups -OCH3 is 3. The molecule has 1 aliphatic heterocycles. The van der Waals surface area contributed by atoms with Gasteiger partial charge >= 0.3 is 0 Å². The Balaban J connectivity index is 2.33. The quantitative estimate of drug-likeness (QED) is 0.803. The van der Waals surface area contributed by atoms with Crippen LogP contribution in [0, 0.1) is 11.3 Å². The summed E-state index contributed by atoms with van der Waals surface area (Å²) in [6, 6.07) is 5.67. The van der Waals surface area contributed by atoms with E-state index in [0.29, 0.717) is 28.7 Å². The lowest BCUT2D eigenvalue weighted by atomic mass is 9.82. The molecule has 27 heavy (non-hydrogen) atoms. The lowest BCUT2D eigenvalue weighted by Crippen LogP contribution is -2.22. The molecule has 1 aromatic carbocycles. The summed E-state index contributed by atoms with van der Waals surface area (Å²) in [5, 5.41) is 17.0. The van der Waals surface area contributed by atoms with Gasteiger partial charge in [0, 0.05) is 23.4 Å². The molecule has 0 fully saturated rings. The molecule has 0 radical (unpaired) electrons. The number of nitrogens with one attached hydrogen (secondary N) is 1. The van der Waals surface area contributed by atoms with Crippen molar-refractivity contribution < 1.29 is 18.9 Å². The number of allylic oxidation sites excluding steroid dienone is 1. The number of nitriles is 1. The molecule has 3 rings (SSSR count). The van der Waals surface area contributed by atoms with Gasteiger partial charge in [-0.15, -0.1) is 5.10 Å². The molecule has 0 amide bonds. The van der Waals surface area contributed by atoms with Crippen LogP contribution >= 0.6 is 0 Å². The van der Waals surface area contributed by atoms with Crippen molar-refractivity contribution in [3.63, 3.8) is 0 Å². The summed E-state index contributed by atoms with van der Waals surface area (Å²) in [7, 11) is 4.67. The van der Waals surface area contributed by atoms with Crippen molar-refractivity contribution in [2.75, 3.05) is 21.3 Å².